The first kappa shape index (κ1) is 9.44. The van der Waals surface area contributed by atoms with Gasteiger partial charge < -0.3 is 15.8 Å². The topological polar surface area (TPSA) is 47.3 Å². The van der Waals surface area contributed by atoms with Crippen LogP contribution in [0.4, 0.5) is 0 Å². The predicted octanol–water partition coefficient (Wildman–Crippen LogP) is 0.492. The molecule has 0 aliphatic carbocycles. The normalized spacial score (nSPS) is 41.8. The van der Waals surface area contributed by atoms with Crippen molar-refractivity contribution in [2.45, 2.75) is 37.8 Å². The van der Waals surface area contributed by atoms with Crippen LogP contribution in [0.2, 0.25) is 0 Å². The Labute approximate surface area is 80.0 Å². The molecule has 76 valence electrons. The Kier molecular flexibility index (Phi) is 3.19. The zero-order valence-electron chi connectivity index (χ0n) is 8.17. The number of piperidine rings is 1. The van der Waals surface area contributed by atoms with Crippen molar-refractivity contribution in [3.63, 3.8) is 0 Å². The second-order valence-corrected chi connectivity index (χ2v) is 4.30. The molecule has 0 aromatic carbocycles. The van der Waals surface area contributed by atoms with Crippen LogP contribution in [0.1, 0.15) is 25.7 Å². The van der Waals surface area contributed by atoms with Crippen molar-refractivity contribution in [3.05, 3.63) is 0 Å². The Bertz CT molecular complexity index is 157. The highest BCUT2D eigenvalue weighted by Crippen LogP contribution is 2.24. The SMILES string of the molecule is NC1CCOC(C2CCCNC2)C1. The lowest BCUT2D eigenvalue weighted by Crippen LogP contribution is -2.44. The summed E-state index contributed by atoms with van der Waals surface area (Å²) in [7, 11) is 0. The van der Waals surface area contributed by atoms with E-state index in [1.165, 1.54) is 19.4 Å². The third-order valence-electron chi connectivity index (χ3n) is 3.22. The van der Waals surface area contributed by atoms with Gasteiger partial charge in [0.15, 0.2) is 0 Å². The molecule has 3 nitrogen and oxygen atoms in total. The molecule has 3 heteroatoms. The number of rotatable bonds is 1. The van der Waals surface area contributed by atoms with E-state index < -0.39 is 0 Å². The van der Waals surface area contributed by atoms with Gasteiger partial charge in [-0.3, -0.25) is 0 Å². The zero-order chi connectivity index (χ0) is 9.10. The van der Waals surface area contributed by atoms with Gasteiger partial charge >= 0.3 is 0 Å². The molecule has 2 heterocycles. The van der Waals surface area contributed by atoms with Crippen molar-refractivity contribution in [2.75, 3.05) is 19.7 Å². The molecule has 0 saturated carbocycles. The molecule has 0 radical (unpaired) electrons. The predicted molar refractivity (Wildman–Crippen MR) is 52.5 cm³/mol. The maximum Gasteiger partial charge on any atom is 0.0630 e. The average molecular weight is 184 g/mol. The van der Waals surface area contributed by atoms with Gasteiger partial charge in [-0.15, -0.1) is 0 Å². The number of ether oxygens (including phenoxy) is 1. The van der Waals surface area contributed by atoms with Crippen molar-refractivity contribution in [1.29, 1.82) is 0 Å². The molecule has 0 aromatic rings. The van der Waals surface area contributed by atoms with Crippen LogP contribution in [0.25, 0.3) is 0 Å². The fraction of sp³-hybridized carbons (Fsp3) is 1.00. The first-order chi connectivity index (χ1) is 6.36. The van der Waals surface area contributed by atoms with Crippen molar-refractivity contribution in [3.8, 4) is 0 Å². The summed E-state index contributed by atoms with van der Waals surface area (Å²) in [4.78, 5) is 0. The minimum Gasteiger partial charge on any atom is -0.378 e. The minimum absolute atomic E-state index is 0.376. The third kappa shape index (κ3) is 2.42. The summed E-state index contributed by atoms with van der Waals surface area (Å²) in [5.41, 5.74) is 5.93. The molecule has 3 unspecified atom stereocenters. The smallest absolute Gasteiger partial charge is 0.0630 e. The lowest BCUT2D eigenvalue weighted by atomic mass is 9.88. The highest BCUT2D eigenvalue weighted by Gasteiger charge is 2.28. The Balaban J connectivity index is 1.83. The number of nitrogens with two attached hydrogens (primary N) is 1. The second-order valence-electron chi connectivity index (χ2n) is 4.30. The van der Waals surface area contributed by atoms with Crippen LogP contribution in [0.3, 0.4) is 0 Å². The number of hydrogen-bond acceptors (Lipinski definition) is 3. The van der Waals surface area contributed by atoms with E-state index in [4.69, 9.17) is 10.5 Å². The number of nitrogens with one attached hydrogen (secondary N) is 1. The average Bonchev–Trinajstić information content (AvgIpc) is 2.19. The molecule has 0 bridgehead atoms. The number of hydrogen-bond donors (Lipinski definition) is 2. The molecule has 0 amide bonds. The molecule has 3 N–H and O–H groups in total. The minimum atomic E-state index is 0.376. The van der Waals surface area contributed by atoms with Crippen LogP contribution in [0.15, 0.2) is 0 Å². The van der Waals surface area contributed by atoms with Crippen molar-refractivity contribution >= 4 is 0 Å². The fourth-order valence-electron chi connectivity index (χ4n) is 2.38. The molecule has 3 atom stereocenters. The molecular formula is C10H20N2O. The van der Waals surface area contributed by atoms with E-state index in [0.717, 1.165) is 26.0 Å². The summed E-state index contributed by atoms with van der Waals surface area (Å²) >= 11 is 0. The summed E-state index contributed by atoms with van der Waals surface area (Å²) in [5, 5.41) is 3.43. The van der Waals surface area contributed by atoms with Gasteiger partial charge in [-0.2, -0.15) is 0 Å². The molecule has 0 aromatic heterocycles. The largest absolute Gasteiger partial charge is 0.378 e. The van der Waals surface area contributed by atoms with Gasteiger partial charge in [0, 0.05) is 19.2 Å². The van der Waals surface area contributed by atoms with Crippen molar-refractivity contribution in [1.82, 2.24) is 5.32 Å². The van der Waals surface area contributed by atoms with Crippen LogP contribution < -0.4 is 11.1 Å². The highest BCUT2D eigenvalue weighted by molar-refractivity contribution is 4.82. The Morgan fingerprint density at radius 3 is 2.92 bits per heavy atom. The maximum absolute atomic E-state index is 5.93. The molecule has 13 heavy (non-hydrogen) atoms. The summed E-state index contributed by atoms with van der Waals surface area (Å²) in [6.07, 6.45) is 5.13. The quantitative estimate of drug-likeness (QED) is 0.623. The third-order valence-corrected chi connectivity index (χ3v) is 3.22. The van der Waals surface area contributed by atoms with E-state index in [-0.39, 0.29) is 0 Å². The lowest BCUT2D eigenvalue weighted by molar-refractivity contribution is -0.0331. The zero-order valence-corrected chi connectivity index (χ0v) is 8.17. The highest BCUT2D eigenvalue weighted by atomic mass is 16.5. The molecule has 0 spiro atoms. The Morgan fingerprint density at radius 2 is 2.23 bits per heavy atom. The summed E-state index contributed by atoms with van der Waals surface area (Å²) < 4.78 is 5.77. The van der Waals surface area contributed by atoms with Gasteiger partial charge in [-0.1, -0.05) is 0 Å². The van der Waals surface area contributed by atoms with Crippen molar-refractivity contribution < 1.29 is 4.74 Å². The van der Waals surface area contributed by atoms with Gasteiger partial charge in [-0.25, -0.2) is 0 Å². The molecule has 2 saturated heterocycles. The van der Waals surface area contributed by atoms with E-state index in [0.29, 0.717) is 18.1 Å². The van der Waals surface area contributed by atoms with E-state index in [1.807, 2.05) is 0 Å². The second kappa shape index (κ2) is 4.40. The van der Waals surface area contributed by atoms with E-state index in [2.05, 4.69) is 5.32 Å². The van der Waals surface area contributed by atoms with Gasteiger partial charge in [0.05, 0.1) is 6.10 Å². The lowest BCUT2D eigenvalue weighted by Gasteiger charge is -2.35. The molecule has 2 fully saturated rings. The fourth-order valence-corrected chi connectivity index (χ4v) is 2.38. The summed E-state index contributed by atoms with van der Waals surface area (Å²) in [6.45, 7) is 3.16. The van der Waals surface area contributed by atoms with Gasteiger partial charge in [0.1, 0.15) is 0 Å². The molecule has 2 rings (SSSR count). The van der Waals surface area contributed by atoms with E-state index >= 15 is 0 Å². The van der Waals surface area contributed by atoms with Crippen LogP contribution in [-0.4, -0.2) is 31.8 Å². The van der Waals surface area contributed by atoms with Gasteiger partial charge in [-0.05, 0) is 38.1 Å². The first-order valence-electron chi connectivity index (χ1n) is 5.44. The van der Waals surface area contributed by atoms with Gasteiger partial charge in [0.2, 0.25) is 0 Å². The van der Waals surface area contributed by atoms with Crippen LogP contribution in [0.5, 0.6) is 0 Å². The first-order valence-corrected chi connectivity index (χ1v) is 5.44. The molecule has 2 aliphatic rings. The van der Waals surface area contributed by atoms with Crippen molar-refractivity contribution in [2.24, 2.45) is 11.7 Å². The monoisotopic (exact) mass is 184 g/mol. The molecular weight excluding hydrogens is 164 g/mol. The van der Waals surface area contributed by atoms with Gasteiger partial charge in [0.25, 0.3) is 0 Å². The summed E-state index contributed by atoms with van der Waals surface area (Å²) in [6, 6.07) is 0.376. The Hall–Kier alpha value is -0.120. The summed E-state index contributed by atoms with van der Waals surface area (Å²) in [5.74, 6) is 0.708. The molecule has 2 aliphatic heterocycles. The van der Waals surface area contributed by atoms with Crippen LogP contribution in [0, 0.1) is 5.92 Å². The van der Waals surface area contributed by atoms with Crippen LogP contribution in [-0.2, 0) is 4.74 Å². The van der Waals surface area contributed by atoms with Crippen LogP contribution >= 0.6 is 0 Å². The standard InChI is InChI=1S/C10H20N2O/c11-9-3-5-13-10(6-9)8-2-1-4-12-7-8/h8-10,12H,1-7,11H2. The van der Waals surface area contributed by atoms with E-state index in [9.17, 15) is 0 Å². The van der Waals surface area contributed by atoms with E-state index in [1.54, 1.807) is 0 Å². The maximum atomic E-state index is 5.93. The Morgan fingerprint density at radius 1 is 1.31 bits per heavy atom.